The van der Waals surface area contributed by atoms with Crippen LogP contribution in [0.4, 0.5) is 0 Å². The average molecular weight is 295 g/mol. The molecule has 1 N–H and O–H groups in total. The Hall–Kier alpha value is -0.450. The molecule has 2 rings (SSSR count). The lowest BCUT2D eigenvalue weighted by Gasteiger charge is -2.42. The fourth-order valence-corrected chi connectivity index (χ4v) is 4.20. The van der Waals surface area contributed by atoms with Gasteiger partial charge >= 0.3 is 0 Å². The minimum atomic E-state index is 0.0949. The first-order valence-electron chi connectivity index (χ1n) is 7.93. The van der Waals surface area contributed by atoms with Crippen molar-refractivity contribution in [3.8, 4) is 0 Å². The lowest BCUT2D eigenvalue weighted by molar-refractivity contribution is 0.131. The number of rotatable bonds is 5. The third kappa shape index (κ3) is 3.41. The summed E-state index contributed by atoms with van der Waals surface area (Å²) >= 11 is 1.84. The van der Waals surface area contributed by atoms with Gasteiger partial charge in [-0.25, -0.2) is 4.98 Å². The van der Waals surface area contributed by atoms with Crippen molar-refractivity contribution < 1.29 is 0 Å². The quantitative estimate of drug-likeness (QED) is 0.900. The fraction of sp³-hybridized carbons (Fsp3) is 0.812. The van der Waals surface area contributed by atoms with Crippen LogP contribution in [0.15, 0.2) is 5.38 Å². The maximum Gasteiger partial charge on any atom is 0.113 e. The highest BCUT2D eigenvalue weighted by molar-refractivity contribution is 7.09. The average Bonchev–Trinajstić information content (AvgIpc) is 2.89. The molecule has 1 aromatic heterocycles. The molecule has 0 radical (unpaired) electrons. The summed E-state index contributed by atoms with van der Waals surface area (Å²) in [5.41, 5.74) is 1.34. The first kappa shape index (κ1) is 15.9. The first-order valence-corrected chi connectivity index (χ1v) is 8.81. The van der Waals surface area contributed by atoms with Crippen molar-refractivity contribution in [1.29, 1.82) is 0 Å². The van der Waals surface area contributed by atoms with E-state index in [4.69, 9.17) is 4.98 Å². The van der Waals surface area contributed by atoms with E-state index in [9.17, 15) is 0 Å². The number of thiazole rings is 1. The van der Waals surface area contributed by atoms with Gasteiger partial charge in [0.25, 0.3) is 0 Å². The van der Waals surface area contributed by atoms with Crippen LogP contribution in [0.5, 0.6) is 0 Å². The van der Waals surface area contributed by atoms with E-state index in [1.54, 1.807) is 0 Å². The van der Waals surface area contributed by atoms with Crippen molar-refractivity contribution in [1.82, 2.24) is 15.2 Å². The summed E-state index contributed by atoms with van der Waals surface area (Å²) < 4.78 is 0. The molecule has 0 amide bonds. The van der Waals surface area contributed by atoms with Crippen molar-refractivity contribution in [2.24, 2.45) is 0 Å². The Labute approximate surface area is 127 Å². The lowest BCUT2D eigenvalue weighted by atomic mass is 9.87. The van der Waals surface area contributed by atoms with Gasteiger partial charge in [0.2, 0.25) is 0 Å². The Morgan fingerprint density at radius 1 is 1.30 bits per heavy atom. The van der Waals surface area contributed by atoms with E-state index in [0.717, 1.165) is 6.54 Å². The highest BCUT2D eigenvalue weighted by atomic mass is 32.1. The molecule has 3 nitrogen and oxygen atoms in total. The van der Waals surface area contributed by atoms with E-state index in [1.165, 1.54) is 36.6 Å². The van der Waals surface area contributed by atoms with Gasteiger partial charge in [-0.05, 0) is 39.2 Å². The van der Waals surface area contributed by atoms with E-state index >= 15 is 0 Å². The minimum Gasteiger partial charge on any atom is -0.303 e. The Balaban J connectivity index is 2.22. The van der Waals surface area contributed by atoms with E-state index < -0.39 is 0 Å². The zero-order valence-corrected chi connectivity index (χ0v) is 14.4. The molecule has 114 valence electrons. The summed E-state index contributed by atoms with van der Waals surface area (Å²) in [6.07, 6.45) is 2.34. The third-order valence-corrected chi connectivity index (χ3v) is 5.31. The van der Waals surface area contributed by atoms with E-state index in [0.29, 0.717) is 12.0 Å². The van der Waals surface area contributed by atoms with Crippen LogP contribution in [0.1, 0.15) is 64.1 Å². The highest BCUT2D eigenvalue weighted by Crippen LogP contribution is 2.36. The Bertz CT molecular complexity index is 417. The van der Waals surface area contributed by atoms with Gasteiger partial charge in [0.1, 0.15) is 5.01 Å². The van der Waals surface area contributed by atoms with Crippen LogP contribution in [-0.4, -0.2) is 35.6 Å². The van der Waals surface area contributed by atoms with Crippen molar-refractivity contribution in [2.45, 2.75) is 65.0 Å². The van der Waals surface area contributed by atoms with E-state index in [1.807, 2.05) is 11.3 Å². The number of likely N-dealkylation sites (tertiary alicyclic amines) is 1. The second-order valence-corrected chi connectivity index (χ2v) is 7.41. The molecule has 0 unspecified atom stereocenters. The van der Waals surface area contributed by atoms with Crippen LogP contribution in [0.3, 0.4) is 0 Å². The molecule has 1 aliphatic heterocycles. The van der Waals surface area contributed by atoms with Crippen molar-refractivity contribution in [3.05, 3.63) is 16.1 Å². The molecule has 0 saturated carbocycles. The Morgan fingerprint density at radius 3 is 2.40 bits per heavy atom. The molecule has 2 heterocycles. The third-order valence-electron chi connectivity index (χ3n) is 4.24. The SMILES string of the molecule is CCN1CCC(NC(C)C)(c2nc(C(C)C)cs2)CC1. The smallest absolute Gasteiger partial charge is 0.113 e. The normalized spacial score (nSPS) is 19.9. The zero-order chi connectivity index (χ0) is 14.8. The van der Waals surface area contributed by atoms with Gasteiger partial charge in [-0.2, -0.15) is 0 Å². The molecule has 0 aromatic carbocycles. The molecular weight excluding hydrogens is 266 g/mol. The molecule has 0 spiro atoms. The van der Waals surface area contributed by atoms with Crippen LogP contribution < -0.4 is 5.32 Å². The topological polar surface area (TPSA) is 28.2 Å². The first-order chi connectivity index (χ1) is 9.47. The maximum absolute atomic E-state index is 4.95. The largest absolute Gasteiger partial charge is 0.303 e. The van der Waals surface area contributed by atoms with Crippen LogP contribution in [-0.2, 0) is 5.54 Å². The summed E-state index contributed by atoms with van der Waals surface area (Å²) in [5, 5.41) is 7.37. The number of aromatic nitrogens is 1. The van der Waals surface area contributed by atoms with Gasteiger partial charge in [-0.15, -0.1) is 11.3 Å². The van der Waals surface area contributed by atoms with Crippen LogP contribution in [0.2, 0.25) is 0 Å². The van der Waals surface area contributed by atoms with Gasteiger partial charge in [0, 0.05) is 24.5 Å². The molecule has 1 aliphatic rings. The number of nitrogens with one attached hydrogen (secondary N) is 1. The minimum absolute atomic E-state index is 0.0949. The number of hydrogen-bond donors (Lipinski definition) is 1. The summed E-state index contributed by atoms with van der Waals surface area (Å²) in [6.45, 7) is 14.7. The summed E-state index contributed by atoms with van der Waals surface area (Å²) in [6, 6.07) is 0.495. The van der Waals surface area contributed by atoms with Crippen molar-refractivity contribution >= 4 is 11.3 Å². The molecule has 1 fully saturated rings. The van der Waals surface area contributed by atoms with Crippen LogP contribution >= 0.6 is 11.3 Å². The second kappa shape index (κ2) is 6.54. The molecule has 4 heteroatoms. The predicted molar refractivity (Wildman–Crippen MR) is 87.5 cm³/mol. The zero-order valence-electron chi connectivity index (χ0n) is 13.6. The lowest BCUT2D eigenvalue weighted by Crippen LogP contribution is -2.53. The number of hydrogen-bond acceptors (Lipinski definition) is 4. The van der Waals surface area contributed by atoms with Crippen molar-refractivity contribution in [2.75, 3.05) is 19.6 Å². The number of piperidine rings is 1. The van der Waals surface area contributed by atoms with Crippen LogP contribution in [0, 0.1) is 0 Å². The molecule has 1 aromatic rings. The molecular formula is C16H29N3S. The number of nitrogens with zero attached hydrogens (tertiary/aromatic N) is 2. The Morgan fingerprint density at radius 2 is 1.95 bits per heavy atom. The second-order valence-electron chi connectivity index (χ2n) is 6.55. The molecule has 0 atom stereocenters. The molecule has 1 saturated heterocycles. The van der Waals surface area contributed by atoms with E-state index in [2.05, 4.69) is 50.2 Å². The van der Waals surface area contributed by atoms with Gasteiger partial charge in [-0.1, -0.05) is 20.8 Å². The Kier molecular flexibility index (Phi) is 5.21. The van der Waals surface area contributed by atoms with Gasteiger partial charge < -0.3 is 10.2 Å². The molecule has 0 aliphatic carbocycles. The summed E-state index contributed by atoms with van der Waals surface area (Å²) in [4.78, 5) is 7.49. The van der Waals surface area contributed by atoms with Gasteiger partial charge in [0.15, 0.2) is 0 Å². The maximum atomic E-state index is 4.95. The molecule has 0 bridgehead atoms. The standard InChI is InChI=1S/C16H29N3S/c1-6-19-9-7-16(8-10-19,18-13(4)5)15-17-14(11-20-15)12(2)3/h11-13,18H,6-10H2,1-5H3. The monoisotopic (exact) mass is 295 g/mol. The highest BCUT2D eigenvalue weighted by Gasteiger charge is 2.38. The fourth-order valence-electron chi connectivity index (χ4n) is 2.99. The summed E-state index contributed by atoms with van der Waals surface area (Å²) in [5.74, 6) is 0.520. The predicted octanol–water partition coefficient (Wildman–Crippen LogP) is 3.58. The summed E-state index contributed by atoms with van der Waals surface area (Å²) in [7, 11) is 0. The van der Waals surface area contributed by atoms with Crippen LogP contribution in [0.25, 0.3) is 0 Å². The van der Waals surface area contributed by atoms with E-state index in [-0.39, 0.29) is 5.54 Å². The van der Waals surface area contributed by atoms with Gasteiger partial charge in [0.05, 0.1) is 11.2 Å². The van der Waals surface area contributed by atoms with Gasteiger partial charge in [-0.3, -0.25) is 0 Å². The molecule has 20 heavy (non-hydrogen) atoms. The van der Waals surface area contributed by atoms with Crippen molar-refractivity contribution in [3.63, 3.8) is 0 Å².